The first-order valence-electron chi connectivity index (χ1n) is 5.50. The number of aromatic nitrogens is 2. The molecule has 1 aromatic heterocycles. The summed E-state index contributed by atoms with van der Waals surface area (Å²) in [7, 11) is 0. The summed E-state index contributed by atoms with van der Waals surface area (Å²) in [5.41, 5.74) is 10.8. The van der Waals surface area contributed by atoms with E-state index in [1.807, 2.05) is 0 Å². The van der Waals surface area contributed by atoms with Crippen LogP contribution in [0.4, 0.5) is 10.2 Å². The molecule has 0 unspecified atom stereocenters. The maximum Gasteiger partial charge on any atom is 0.351 e. The van der Waals surface area contributed by atoms with Crippen LogP contribution < -0.4 is 11.4 Å². The van der Waals surface area contributed by atoms with Crippen LogP contribution in [0, 0.1) is 5.82 Å². The molecule has 3 atom stereocenters. The topological polar surface area (TPSA) is 159 Å². The molecule has 1 aliphatic rings. The molecule has 2 heterocycles. The molecule has 0 amide bonds. The van der Waals surface area contributed by atoms with Crippen molar-refractivity contribution in [1.82, 2.24) is 9.55 Å². The zero-order valence-electron chi connectivity index (χ0n) is 10.0. The van der Waals surface area contributed by atoms with Crippen LogP contribution >= 0.6 is 0 Å². The van der Waals surface area contributed by atoms with E-state index >= 15 is 0 Å². The second-order valence-electron chi connectivity index (χ2n) is 4.18. The first kappa shape index (κ1) is 14.2. The van der Waals surface area contributed by atoms with Crippen LogP contribution in [0.2, 0.25) is 0 Å². The number of nitrogen functional groups attached to an aromatic ring is 1. The quantitative estimate of drug-likeness (QED) is 0.376. The van der Waals surface area contributed by atoms with Crippen LogP contribution in [0.15, 0.2) is 16.1 Å². The Balaban J connectivity index is 2.40. The smallest absolute Gasteiger partial charge is 0.351 e. The molecule has 108 valence electrons. The first-order valence-corrected chi connectivity index (χ1v) is 5.50. The third-order valence-electron chi connectivity index (χ3n) is 2.97. The van der Waals surface area contributed by atoms with Crippen LogP contribution in [0.5, 0.6) is 0 Å². The maximum absolute atomic E-state index is 13.3. The average molecular weight is 286 g/mol. The van der Waals surface area contributed by atoms with Crippen LogP contribution in [-0.4, -0.2) is 38.2 Å². The highest BCUT2D eigenvalue weighted by molar-refractivity contribution is 5.26. The second-order valence-corrected chi connectivity index (χ2v) is 4.18. The van der Waals surface area contributed by atoms with Gasteiger partial charge in [-0.3, -0.25) is 4.57 Å². The van der Waals surface area contributed by atoms with Crippen molar-refractivity contribution in [3.05, 3.63) is 32.9 Å². The number of azide groups is 1. The van der Waals surface area contributed by atoms with Crippen LogP contribution in [0.25, 0.3) is 10.4 Å². The second kappa shape index (κ2) is 5.06. The molecular weight excluding hydrogens is 275 g/mol. The highest BCUT2D eigenvalue weighted by Crippen LogP contribution is 2.37. The summed E-state index contributed by atoms with van der Waals surface area (Å²) in [5, 5.41) is 22.2. The molecule has 1 aliphatic heterocycles. The number of rotatable bonds is 3. The minimum atomic E-state index is -1.92. The largest absolute Gasteiger partial charge is 0.393 e. The molecular formula is C9H11FN6O4. The Morgan fingerprint density at radius 1 is 1.80 bits per heavy atom. The Kier molecular flexibility index (Phi) is 3.59. The van der Waals surface area contributed by atoms with E-state index in [0.29, 0.717) is 0 Å². The molecule has 10 nitrogen and oxygen atoms in total. The molecule has 0 aromatic carbocycles. The van der Waals surface area contributed by atoms with Gasteiger partial charge in [-0.2, -0.15) is 4.98 Å². The van der Waals surface area contributed by atoms with E-state index in [1.165, 1.54) is 0 Å². The summed E-state index contributed by atoms with van der Waals surface area (Å²) in [6.07, 6.45) is -1.92. The molecule has 0 aliphatic carbocycles. The lowest BCUT2D eigenvalue weighted by Crippen LogP contribution is -2.40. The molecule has 11 heteroatoms. The van der Waals surface area contributed by atoms with Crippen molar-refractivity contribution in [1.29, 1.82) is 0 Å². The molecule has 1 fully saturated rings. The van der Waals surface area contributed by atoms with E-state index in [0.717, 1.165) is 10.8 Å². The van der Waals surface area contributed by atoms with Gasteiger partial charge in [0.05, 0.1) is 18.9 Å². The fraction of sp³-hybridized carbons (Fsp3) is 0.556. The molecule has 20 heavy (non-hydrogen) atoms. The molecule has 1 saturated heterocycles. The number of ether oxygens (including phenoxy) is 1. The van der Waals surface area contributed by atoms with Crippen molar-refractivity contribution in [3.63, 3.8) is 0 Å². The summed E-state index contributed by atoms with van der Waals surface area (Å²) in [6, 6.07) is 0. The summed E-state index contributed by atoms with van der Waals surface area (Å²) >= 11 is 0. The zero-order valence-corrected chi connectivity index (χ0v) is 10.0. The van der Waals surface area contributed by atoms with E-state index in [1.54, 1.807) is 0 Å². The number of hydrogen-bond donors (Lipinski definition) is 3. The first-order chi connectivity index (χ1) is 9.43. The zero-order chi connectivity index (χ0) is 14.9. The van der Waals surface area contributed by atoms with Gasteiger partial charge >= 0.3 is 5.69 Å². The lowest BCUT2D eigenvalue weighted by atomic mass is 10.1. The summed E-state index contributed by atoms with van der Waals surface area (Å²) in [5.74, 6) is -1.50. The standard InChI is InChI=1S/C9H11FN6O4/c10-4-2-16(8(19)13-7(4)11)6-1-5(18)9(3-17,20-6)14-15-12/h2,5-6,17-18H,1,3H2,(H2,11,13,19)/t5-,6+,9+/m0/s1. The predicted molar refractivity (Wildman–Crippen MR) is 62.6 cm³/mol. The molecule has 4 N–H and O–H groups in total. The molecule has 0 saturated carbocycles. The van der Waals surface area contributed by atoms with E-state index in [4.69, 9.17) is 16.0 Å². The third kappa shape index (κ3) is 2.18. The van der Waals surface area contributed by atoms with Gasteiger partial charge in [0, 0.05) is 11.3 Å². The maximum atomic E-state index is 13.3. The number of aliphatic hydroxyl groups is 2. The molecule has 0 spiro atoms. The van der Waals surface area contributed by atoms with Gasteiger partial charge in [0.25, 0.3) is 0 Å². The fourth-order valence-electron chi connectivity index (χ4n) is 1.91. The lowest BCUT2D eigenvalue weighted by molar-refractivity contribution is -0.124. The lowest BCUT2D eigenvalue weighted by Gasteiger charge is -2.24. The Hall–Kier alpha value is -2.20. The van der Waals surface area contributed by atoms with E-state index in [9.17, 15) is 19.4 Å². The van der Waals surface area contributed by atoms with Crippen molar-refractivity contribution in [3.8, 4) is 0 Å². The van der Waals surface area contributed by atoms with Crippen molar-refractivity contribution < 1.29 is 19.3 Å². The van der Waals surface area contributed by atoms with Crippen LogP contribution in [0.1, 0.15) is 12.6 Å². The van der Waals surface area contributed by atoms with Crippen molar-refractivity contribution >= 4 is 5.82 Å². The van der Waals surface area contributed by atoms with Gasteiger partial charge in [-0.05, 0) is 5.53 Å². The number of anilines is 1. The average Bonchev–Trinajstić information content (AvgIpc) is 2.72. The summed E-state index contributed by atoms with van der Waals surface area (Å²) < 4.78 is 19.3. The van der Waals surface area contributed by atoms with Gasteiger partial charge in [0.2, 0.25) is 0 Å². The van der Waals surface area contributed by atoms with E-state index in [2.05, 4.69) is 15.0 Å². The highest BCUT2D eigenvalue weighted by atomic mass is 19.1. The number of nitrogens with zero attached hydrogens (tertiary/aromatic N) is 5. The number of hydrogen-bond acceptors (Lipinski definition) is 7. The van der Waals surface area contributed by atoms with Crippen molar-refractivity contribution in [2.45, 2.75) is 24.5 Å². The van der Waals surface area contributed by atoms with Crippen molar-refractivity contribution in [2.75, 3.05) is 12.3 Å². The third-order valence-corrected chi connectivity index (χ3v) is 2.97. The van der Waals surface area contributed by atoms with Gasteiger partial charge in [-0.1, -0.05) is 5.11 Å². The summed E-state index contributed by atoms with van der Waals surface area (Å²) in [4.78, 5) is 17.3. The number of nitrogens with two attached hydrogens (primary N) is 1. The molecule has 0 bridgehead atoms. The van der Waals surface area contributed by atoms with E-state index in [-0.39, 0.29) is 6.42 Å². The Labute approximate surface area is 110 Å². The minimum absolute atomic E-state index is 0.190. The normalized spacial score (nSPS) is 29.1. The predicted octanol–water partition coefficient (Wildman–Crippen LogP) is -0.757. The van der Waals surface area contributed by atoms with Gasteiger partial charge in [0.1, 0.15) is 6.23 Å². The monoisotopic (exact) mass is 286 g/mol. The van der Waals surface area contributed by atoms with Gasteiger partial charge in [-0.15, -0.1) is 0 Å². The van der Waals surface area contributed by atoms with E-state index < -0.39 is 42.0 Å². The fourth-order valence-corrected chi connectivity index (χ4v) is 1.91. The van der Waals surface area contributed by atoms with Gasteiger partial charge in [-0.25, -0.2) is 9.18 Å². The number of aliphatic hydroxyl groups excluding tert-OH is 2. The van der Waals surface area contributed by atoms with Crippen LogP contribution in [0.3, 0.4) is 0 Å². The van der Waals surface area contributed by atoms with Gasteiger partial charge < -0.3 is 20.7 Å². The Morgan fingerprint density at radius 3 is 3.10 bits per heavy atom. The molecule has 1 aromatic rings. The molecule has 2 rings (SSSR count). The van der Waals surface area contributed by atoms with Crippen molar-refractivity contribution in [2.24, 2.45) is 5.11 Å². The SMILES string of the molecule is [N-]=[N+]=N[C@]1(CO)O[C@@H](n2cc(F)c(N)nc2=O)C[C@@H]1O. The Morgan fingerprint density at radius 2 is 2.50 bits per heavy atom. The highest BCUT2D eigenvalue weighted by Gasteiger charge is 2.48. The Bertz CT molecular complexity index is 629. The minimum Gasteiger partial charge on any atom is -0.393 e. The molecule has 0 radical (unpaired) electrons. The number of halogens is 1. The van der Waals surface area contributed by atoms with Gasteiger partial charge in [0.15, 0.2) is 17.4 Å². The van der Waals surface area contributed by atoms with Crippen LogP contribution in [-0.2, 0) is 4.74 Å². The summed E-state index contributed by atoms with van der Waals surface area (Å²) in [6.45, 7) is -0.797.